The Balaban J connectivity index is 1.38. The van der Waals surface area contributed by atoms with E-state index in [0.717, 1.165) is 51.0 Å². The quantitative estimate of drug-likeness (QED) is 0.695. The van der Waals surface area contributed by atoms with Crippen molar-refractivity contribution in [1.82, 2.24) is 9.80 Å². The molecule has 0 unspecified atom stereocenters. The molecule has 5 heteroatoms. The standard InChI is InChI=1S/C22H27FN2O2/c1-24(22(26)9-8-20-6-4-16-27-20)17-18-10-13-25(14-11-18)15-12-19-5-2-3-7-21(19)23/h2-9,16,18H,10-15,17H2,1H3. The Hall–Kier alpha value is -2.40. The third-order valence-electron chi connectivity index (χ3n) is 5.20. The van der Waals surface area contributed by atoms with E-state index in [0.29, 0.717) is 11.7 Å². The van der Waals surface area contributed by atoms with E-state index in [9.17, 15) is 9.18 Å². The molecule has 1 aromatic carbocycles. The van der Waals surface area contributed by atoms with Crippen LogP contribution in [-0.4, -0.2) is 48.9 Å². The van der Waals surface area contributed by atoms with Crippen molar-refractivity contribution in [2.24, 2.45) is 5.92 Å². The minimum absolute atomic E-state index is 0.00613. The summed E-state index contributed by atoms with van der Waals surface area (Å²) in [6.07, 6.45) is 7.72. The lowest BCUT2D eigenvalue weighted by atomic mass is 9.96. The maximum absolute atomic E-state index is 13.7. The molecule has 27 heavy (non-hydrogen) atoms. The van der Waals surface area contributed by atoms with Crippen LogP contribution in [0.1, 0.15) is 24.2 Å². The number of hydrogen-bond acceptors (Lipinski definition) is 3. The van der Waals surface area contributed by atoms with Crippen molar-refractivity contribution in [1.29, 1.82) is 0 Å². The molecule has 0 bridgehead atoms. The second-order valence-corrected chi connectivity index (χ2v) is 7.19. The summed E-state index contributed by atoms with van der Waals surface area (Å²) in [5, 5.41) is 0. The third kappa shape index (κ3) is 5.79. The second-order valence-electron chi connectivity index (χ2n) is 7.19. The number of furan rings is 1. The first kappa shape index (κ1) is 19.4. The van der Waals surface area contributed by atoms with Gasteiger partial charge in [0.25, 0.3) is 0 Å². The molecule has 1 aliphatic rings. The molecule has 0 N–H and O–H groups in total. The van der Waals surface area contributed by atoms with Crippen LogP contribution in [0.4, 0.5) is 4.39 Å². The Labute approximate surface area is 160 Å². The van der Waals surface area contributed by atoms with Crippen molar-refractivity contribution in [2.75, 3.05) is 33.2 Å². The van der Waals surface area contributed by atoms with Gasteiger partial charge in [-0.15, -0.1) is 0 Å². The maximum atomic E-state index is 13.7. The molecule has 1 aliphatic heterocycles. The lowest BCUT2D eigenvalue weighted by Crippen LogP contribution is -2.39. The Morgan fingerprint density at radius 1 is 1.26 bits per heavy atom. The van der Waals surface area contributed by atoms with Crippen molar-refractivity contribution in [2.45, 2.75) is 19.3 Å². The van der Waals surface area contributed by atoms with E-state index < -0.39 is 0 Å². The lowest BCUT2D eigenvalue weighted by molar-refractivity contribution is -0.125. The highest BCUT2D eigenvalue weighted by molar-refractivity contribution is 5.91. The van der Waals surface area contributed by atoms with E-state index in [2.05, 4.69) is 4.90 Å². The fraction of sp³-hybridized carbons (Fsp3) is 0.409. The Morgan fingerprint density at radius 2 is 2.04 bits per heavy atom. The van der Waals surface area contributed by atoms with E-state index >= 15 is 0 Å². The van der Waals surface area contributed by atoms with Gasteiger partial charge < -0.3 is 14.2 Å². The molecule has 0 saturated carbocycles. The van der Waals surface area contributed by atoms with E-state index in [1.54, 1.807) is 35.4 Å². The van der Waals surface area contributed by atoms with Gasteiger partial charge in [-0.05, 0) is 68.1 Å². The zero-order chi connectivity index (χ0) is 19.1. The number of carbonyl (C=O) groups is 1. The molecule has 1 aromatic heterocycles. The normalized spacial score (nSPS) is 16.1. The minimum Gasteiger partial charge on any atom is -0.465 e. The summed E-state index contributed by atoms with van der Waals surface area (Å²) in [6.45, 7) is 3.66. The van der Waals surface area contributed by atoms with Gasteiger partial charge in [0.05, 0.1) is 6.26 Å². The van der Waals surface area contributed by atoms with Gasteiger partial charge in [0.2, 0.25) is 5.91 Å². The van der Waals surface area contributed by atoms with Crippen LogP contribution in [0.5, 0.6) is 0 Å². The highest BCUT2D eigenvalue weighted by Crippen LogP contribution is 2.19. The summed E-state index contributed by atoms with van der Waals surface area (Å²) >= 11 is 0. The Bertz CT molecular complexity index is 749. The Kier molecular flexibility index (Phi) is 6.82. The molecule has 4 nitrogen and oxygen atoms in total. The van der Waals surface area contributed by atoms with Crippen LogP contribution in [0, 0.1) is 11.7 Å². The number of likely N-dealkylation sites (N-methyl/N-ethyl adjacent to an activating group) is 1. The van der Waals surface area contributed by atoms with Crippen LogP contribution in [0.25, 0.3) is 6.08 Å². The summed E-state index contributed by atoms with van der Waals surface area (Å²) < 4.78 is 18.9. The highest BCUT2D eigenvalue weighted by Gasteiger charge is 2.21. The first-order valence-electron chi connectivity index (χ1n) is 9.54. The van der Waals surface area contributed by atoms with Crippen LogP contribution >= 0.6 is 0 Å². The molecule has 3 rings (SSSR count). The molecule has 2 heterocycles. The summed E-state index contributed by atoms with van der Waals surface area (Å²) in [6, 6.07) is 10.6. The summed E-state index contributed by atoms with van der Waals surface area (Å²) in [4.78, 5) is 16.4. The van der Waals surface area contributed by atoms with E-state index in [1.165, 1.54) is 6.07 Å². The van der Waals surface area contributed by atoms with Gasteiger partial charge in [0.1, 0.15) is 11.6 Å². The molecule has 144 valence electrons. The van der Waals surface area contributed by atoms with Crippen LogP contribution < -0.4 is 0 Å². The van der Waals surface area contributed by atoms with Gasteiger partial charge in [-0.3, -0.25) is 4.79 Å². The predicted octanol–water partition coefficient (Wildman–Crippen LogP) is 3.85. The monoisotopic (exact) mass is 370 g/mol. The minimum atomic E-state index is -0.116. The first-order valence-corrected chi connectivity index (χ1v) is 9.54. The van der Waals surface area contributed by atoms with Gasteiger partial charge in [0.15, 0.2) is 0 Å². The summed E-state index contributed by atoms with van der Waals surface area (Å²) in [7, 11) is 1.85. The van der Waals surface area contributed by atoms with Crippen molar-refractivity contribution in [3.63, 3.8) is 0 Å². The van der Waals surface area contributed by atoms with Crippen LogP contribution in [0.15, 0.2) is 53.2 Å². The van der Waals surface area contributed by atoms with E-state index in [-0.39, 0.29) is 11.7 Å². The number of rotatable bonds is 7. The number of carbonyl (C=O) groups excluding carboxylic acids is 1. The average molecular weight is 370 g/mol. The smallest absolute Gasteiger partial charge is 0.246 e. The Morgan fingerprint density at radius 3 is 2.74 bits per heavy atom. The molecule has 2 aromatic rings. The van der Waals surface area contributed by atoms with Crippen LogP contribution in [0.2, 0.25) is 0 Å². The summed E-state index contributed by atoms with van der Waals surface area (Å²) in [5.41, 5.74) is 0.785. The molecule has 0 aliphatic carbocycles. The molecule has 0 spiro atoms. The number of benzene rings is 1. The molecular weight excluding hydrogens is 343 g/mol. The number of amides is 1. The molecule has 1 saturated heterocycles. The average Bonchev–Trinajstić information content (AvgIpc) is 3.20. The first-order chi connectivity index (χ1) is 13.1. The predicted molar refractivity (Wildman–Crippen MR) is 105 cm³/mol. The third-order valence-corrected chi connectivity index (χ3v) is 5.20. The van der Waals surface area contributed by atoms with Gasteiger partial charge in [-0.25, -0.2) is 4.39 Å². The van der Waals surface area contributed by atoms with Crippen molar-refractivity contribution >= 4 is 12.0 Å². The van der Waals surface area contributed by atoms with Crippen molar-refractivity contribution in [3.8, 4) is 0 Å². The van der Waals surface area contributed by atoms with E-state index in [4.69, 9.17) is 4.42 Å². The van der Waals surface area contributed by atoms with Crippen LogP contribution in [-0.2, 0) is 11.2 Å². The topological polar surface area (TPSA) is 36.7 Å². The fourth-order valence-electron chi connectivity index (χ4n) is 3.52. The fourth-order valence-corrected chi connectivity index (χ4v) is 3.52. The highest BCUT2D eigenvalue weighted by atomic mass is 19.1. The summed E-state index contributed by atoms with van der Waals surface area (Å²) in [5.74, 6) is 1.07. The van der Waals surface area contributed by atoms with Gasteiger partial charge >= 0.3 is 0 Å². The van der Waals surface area contributed by atoms with Gasteiger partial charge in [0, 0.05) is 26.2 Å². The number of hydrogen-bond donors (Lipinski definition) is 0. The lowest BCUT2D eigenvalue weighted by Gasteiger charge is -2.33. The maximum Gasteiger partial charge on any atom is 0.246 e. The zero-order valence-corrected chi connectivity index (χ0v) is 15.8. The largest absolute Gasteiger partial charge is 0.465 e. The van der Waals surface area contributed by atoms with Crippen molar-refractivity contribution < 1.29 is 13.6 Å². The SMILES string of the molecule is CN(CC1CCN(CCc2ccccc2F)CC1)C(=O)C=Cc1ccco1. The number of nitrogens with zero attached hydrogens (tertiary/aromatic N) is 2. The number of likely N-dealkylation sites (tertiary alicyclic amines) is 1. The van der Waals surface area contributed by atoms with Crippen molar-refractivity contribution in [3.05, 3.63) is 65.9 Å². The molecule has 0 atom stereocenters. The van der Waals surface area contributed by atoms with Gasteiger partial charge in [-0.1, -0.05) is 18.2 Å². The molecule has 1 amide bonds. The zero-order valence-electron chi connectivity index (χ0n) is 15.8. The molecular formula is C22H27FN2O2. The molecule has 0 radical (unpaired) electrons. The second kappa shape index (κ2) is 9.51. The van der Waals surface area contributed by atoms with E-state index in [1.807, 2.05) is 25.2 Å². The van der Waals surface area contributed by atoms with Crippen LogP contribution in [0.3, 0.4) is 0 Å². The number of piperidine rings is 1. The number of halogens is 1. The molecule has 1 fully saturated rings. The van der Waals surface area contributed by atoms with Gasteiger partial charge in [-0.2, -0.15) is 0 Å².